The Bertz CT molecular complexity index is 2010. The van der Waals surface area contributed by atoms with E-state index in [9.17, 15) is 18.4 Å². The number of carbonyl (C=O) groups is 1. The largest absolute Gasteiger partial charge is 0.397 e. The molecule has 0 radical (unpaired) electrons. The van der Waals surface area contributed by atoms with E-state index in [4.69, 9.17) is 17.3 Å². The van der Waals surface area contributed by atoms with Crippen LogP contribution in [-0.4, -0.2) is 30.2 Å². The van der Waals surface area contributed by atoms with Crippen molar-refractivity contribution in [3.05, 3.63) is 118 Å². The summed E-state index contributed by atoms with van der Waals surface area (Å²) in [6.45, 7) is -1.14. The molecule has 2 aromatic carbocycles. The number of halogens is 3. The molecule has 2 atom stereocenters. The summed E-state index contributed by atoms with van der Waals surface area (Å²) in [5.41, 5.74) is 10.2. The normalized spacial score (nSPS) is 17.0. The third kappa shape index (κ3) is 6.77. The number of nitrogens with one attached hydrogen (secondary N) is 2. The number of aromatic nitrogens is 5. The molecule has 2 bridgehead atoms. The zero-order valence-electron chi connectivity index (χ0n) is 25.3. The van der Waals surface area contributed by atoms with Gasteiger partial charge in [-0.3, -0.25) is 19.1 Å². The van der Waals surface area contributed by atoms with Gasteiger partial charge in [0.05, 0.1) is 41.3 Å². The van der Waals surface area contributed by atoms with Crippen molar-refractivity contribution in [2.75, 3.05) is 10.6 Å². The van der Waals surface area contributed by atoms with Gasteiger partial charge in [0.25, 0.3) is 5.56 Å². The SMILES string of the molecule is CC1CCCC(n2cnc(-c3cc(Cl)ccc3N/C=C(\N)c3cccnc3)cc2=O)c2cccc(c2)-c2c(cnn2C(F)F)NC1=O. The van der Waals surface area contributed by atoms with Crippen molar-refractivity contribution >= 4 is 34.6 Å². The molecular formula is C34H31ClF2N8O2. The van der Waals surface area contributed by atoms with Crippen LogP contribution >= 0.6 is 11.6 Å². The Morgan fingerprint density at radius 3 is 2.72 bits per heavy atom. The van der Waals surface area contributed by atoms with Crippen molar-refractivity contribution in [1.29, 1.82) is 0 Å². The maximum atomic E-state index is 14.0. The summed E-state index contributed by atoms with van der Waals surface area (Å²) in [5, 5.41) is 10.3. The van der Waals surface area contributed by atoms with E-state index >= 15 is 0 Å². The Morgan fingerprint density at radius 1 is 1.11 bits per heavy atom. The first-order valence-electron chi connectivity index (χ1n) is 15.0. The second-order valence-corrected chi connectivity index (χ2v) is 11.7. The molecule has 3 aromatic heterocycles. The smallest absolute Gasteiger partial charge is 0.333 e. The van der Waals surface area contributed by atoms with Crippen LogP contribution in [0.5, 0.6) is 0 Å². The zero-order chi connectivity index (χ0) is 33.1. The molecule has 0 aliphatic carbocycles. The average Bonchev–Trinajstić information content (AvgIpc) is 3.50. The van der Waals surface area contributed by atoms with E-state index in [0.717, 1.165) is 11.1 Å². The first-order chi connectivity index (χ1) is 22.7. The van der Waals surface area contributed by atoms with Crippen LogP contribution in [0.2, 0.25) is 5.02 Å². The molecule has 4 N–H and O–H groups in total. The van der Waals surface area contributed by atoms with E-state index in [-0.39, 0.29) is 22.8 Å². The number of hydrogen-bond donors (Lipinski definition) is 3. The van der Waals surface area contributed by atoms with Crippen molar-refractivity contribution in [2.45, 2.75) is 38.8 Å². The van der Waals surface area contributed by atoms with Gasteiger partial charge in [-0.15, -0.1) is 0 Å². The van der Waals surface area contributed by atoms with Crippen LogP contribution in [0.15, 0.2) is 96.6 Å². The molecule has 1 aliphatic heterocycles. The number of pyridine rings is 1. The van der Waals surface area contributed by atoms with Crippen LogP contribution in [-0.2, 0) is 4.79 Å². The molecule has 240 valence electrons. The summed E-state index contributed by atoms with van der Waals surface area (Å²) in [5.74, 6) is -0.692. The fraction of sp³-hybridized carbons (Fsp3) is 0.206. The average molecular weight is 657 g/mol. The van der Waals surface area contributed by atoms with Gasteiger partial charge in [-0.25, -0.2) is 9.67 Å². The van der Waals surface area contributed by atoms with Crippen LogP contribution in [0.1, 0.15) is 49.9 Å². The Balaban J connectivity index is 1.38. The van der Waals surface area contributed by atoms with E-state index in [1.165, 1.54) is 23.2 Å². The number of benzene rings is 2. The molecule has 47 heavy (non-hydrogen) atoms. The molecule has 6 rings (SSSR count). The predicted molar refractivity (Wildman–Crippen MR) is 178 cm³/mol. The molecule has 0 fully saturated rings. The first-order valence-corrected chi connectivity index (χ1v) is 15.3. The highest BCUT2D eigenvalue weighted by Gasteiger charge is 2.25. The van der Waals surface area contributed by atoms with Gasteiger partial charge < -0.3 is 16.4 Å². The molecule has 0 saturated heterocycles. The Kier molecular flexibility index (Phi) is 9.12. The Morgan fingerprint density at radius 2 is 1.96 bits per heavy atom. The van der Waals surface area contributed by atoms with Gasteiger partial charge in [-0.05, 0) is 54.8 Å². The molecule has 1 amide bonds. The minimum Gasteiger partial charge on any atom is -0.397 e. The Hall–Kier alpha value is -5.36. The number of hydrogen-bond acceptors (Lipinski definition) is 7. The molecular weight excluding hydrogens is 626 g/mol. The minimum atomic E-state index is -2.92. The molecule has 4 heterocycles. The highest BCUT2D eigenvalue weighted by molar-refractivity contribution is 6.31. The van der Waals surface area contributed by atoms with Crippen LogP contribution in [0.4, 0.5) is 20.2 Å². The lowest BCUT2D eigenvalue weighted by Crippen LogP contribution is -2.26. The molecule has 10 nitrogen and oxygen atoms in total. The number of rotatable bonds is 6. The van der Waals surface area contributed by atoms with Crippen LogP contribution in [0.3, 0.4) is 0 Å². The highest BCUT2D eigenvalue weighted by atomic mass is 35.5. The van der Waals surface area contributed by atoms with Crippen molar-refractivity contribution in [1.82, 2.24) is 24.3 Å². The lowest BCUT2D eigenvalue weighted by atomic mass is 9.94. The van der Waals surface area contributed by atoms with Crippen molar-refractivity contribution < 1.29 is 13.6 Å². The van der Waals surface area contributed by atoms with Gasteiger partial charge in [0, 0.05) is 58.0 Å². The summed E-state index contributed by atoms with van der Waals surface area (Å²) < 4.78 is 30.1. The predicted octanol–water partition coefficient (Wildman–Crippen LogP) is 6.93. The number of fused-ring (bicyclic) bond motifs is 4. The molecule has 13 heteroatoms. The highest BCUT2D eigenvalue weighted by Crippen LogP contribution is 2.36. The molecule has 0 saturated carbocycles. The molecule has 2 unspecified atom stereocenters. The lowest BCUT2D eigenvalue weighted by Gasteiger charge is -2.23. The summed E-state index contributed by atoms with van der Waals surface area (Å²) >= 11 is 6.35. The quantitative estimate of drug-likeness (QED) is 0.180. The van der Waals surface area contributed by atoms with E-state index in [2.05, 4.69) is 25.7 Å². The van der Waals surface area contributed by atoms with Gasteiger partial charge in [0.15, 0.2) is 0 Å². The lowest BCUT2D eigenvalue weighted by molar-refractivity contribution is -0.119. The number of nitrogens with zero attached hydrogens (tertiary/aromatic N) is 5. The minimum absolute atomic E-state index is 0.0849. The van der Waals surface area contributed by atoms with Gasteiger partial charge in [-0.2, -0.15) is 13.9 Å². The summed E-state index contributed by atoms with van der Waals surface area (Å²) in [7, 11) is 0. The van der Waals surface area contributed by atoms with Crippen LogP contribution < -0.4 is 21.9 Å². The molecule has 1 aliphatic rings. The van der Waals surface area contributed by atoms with Crippen molar-refractivity contribution in [3.63, 3.8) is 0 Å². The van der Waals surface area contributed by atoms with Crippen molar-refractivity contribution in [2.24, 2.45) is 11.7 Å². The number of carbonyl (C=O) groups excluding carboxylic acids is 1. The third-order valence-corrected chi connectivity index (χ3v) is 8.39. The second-order valence-electron chi connectivity index (χ2n) is 11.3. The topological polar surface area (TPSA) is 133 Å². The van der Waals surface area contributed by atoms with Gasteiger partial charge >= 0.3 is 6.55 Å². The number of alkyl halides is 2. The van der Waals surface area contributed by atoms with E-state index in [1.807, 2.05) is 12.1 Å². The zero-order valence-corrected chi connectivity index (χ0v) is 26.0. The van der Waals surface area contributed by atoms with Crippen LogP contribution in [0, 0.1) is 5.92 Å². The number of nitrogens with two attached hydrogens (primary N) is 1. The number of amides is 1. The monoisotopic (exact) mass is 656 g/mol. The van der Waals surface area contributed by atoms with Gasteiger partial charge in [0.1, 0.15) is 0 Å². The van der Waals surface area contributed by atoms with E-state index in [0.29, 0.717) is 57.2 Å². The van der Waals surface area contributed by atoms with Gasteiger partial charge in [-0.1, -0.05) is 43.1 Å². The van der Waals surface area contributed by atoms with Crippen LogP contribution in [0.25, 0.3) is 28.2 Å². The maximum absolute atomic E-state index is 14.0. The first kappa shape index (κ1) is 31.6. The molecule has 0 spiro atoms. The van der Waals surface area contributed by atoms with E-state index in [1.54, 1.807) is 68.0 Å². The summed E-state index contributed by atoms with van der Waals surface area (Å²) in [6, 6.07) is 16.8. The third-order valence-electron chi connectivity index (χ3n) is 8.15. The van der Waals surface area contributed by atoms with Crippen molar-refractivity contribution in [3.8, 4) is 22.5 Å². The fourth-order valence-corrected chi connectivity index (χ4v) is 5.84. The Labute approximate surface area is 273 Å². The second kappa shape index (κ2) is 13.6. The standard InChI is InChI=1S/C34H31ClF2N8O2/c1-20-5-2-9-30(21-6-3-7-22(13-21)32-29(43-33(20)47)18-42-45(32)34(36)37)44-19-41-28(15-31(44)46)25-14-24(35)10-11-27(25)40-17-26(38)23-8-4-12-39-16-23/h3-4,6-8,10-20,30,34,40H,2,5,9,38H2,1H3,(H,43,47)/b26-17-. The molecule has 5 aromatic rings. The number of anilines is 2. The summed E-state index contributed by atoms with van der Waals surface area (Å²) in [4.78, 5) is 35.5. The maximum Gasteiger partial charge on any atom is 0.333 e. The fourth-order valence-electron chi connectivity index (χ4n) is 5.67. The summed E-state index contributed by atoms with van der Waals surface area (Å²) in [6.07, 6.45) is 9.30. The van der Waals surface area contributed by atoms with E-state index < -0.39 is 18.5 Å². The van der Waals surface area contributed by atoms with Gasteiger partial charge in [0.2, 0.25) is 5.91 Å².